The van der Waals surface area contributed by atoms with Crippen LogP contribution in [0, 0.1) is 6.92 Å². The van der Waals surface area contributed by atoms with Crippen molar-refractivity contribution in [2.24, 2.45) is 7.05 Å². The van der Waals surface area contributed by atoms with E-state index in [0.29, 0.717) is 11.1 Å². The minimum Gasteiger partial charge on any atom is -0.479 e. The number of carbonyl (C=O) groups excluding carboxylic acids is 1. The van der Waals surface area contributed by atoms with Gasteiger partial charge in [-0.1, -0.05) is 0 Å². The number of alkyl halides is 3. The maximum Gasteiger partial charge on any atom is 0.422 e. The number of rotatable bonds is 4. The zero-order valence-electron chi connectivity index (χ0n) is 12.7. The number of aromatic nitrogens is 2. The van der Waals surface area contributed by atoms with Gasteiger partial charge in [0, 0.05) is 12.6 Å². The fourth-order valence-electron chi connectivity index (χ4n) is 2.17. The van der Waals surface area contributed by atoms with Gasteiger partial charge in [0.1, 0.15) is 5.52 Å². The van der Waals surface area contributed by atoms with E-state index in [0.717, 1.165) is 0 Å². The van der Waals surface area contributed by atoms with Gasteiger partial charge < -0.3 is 19.0 Å². The van der Waals surface area contributed by atoms with Gasteiger partial charge in [0.25, 0.3) is 5.56 Å². The highest BCUT2D eigenvalue weighted by atomic mass is 19.4. The van der Waals surface area contributed by atoms with Crippen LogP contribution in [0.2, 0.25) is 0 Å². The molecule has 0 atom stereocenters. The quantitative estimate of drug-likeness (QED) is 0.872. The van der Waals surface area contributed by atoms with Crippen molar-refractivity contribution in [1.82, 2.24) is 9.55 Å². The molecule has 126 valence electrons. The highest BCUT2D eigenvalue weighted by Crippen LogP contribution is 2.32. The molecule has 0 aliphatic carbocycles. The van der Waals surface area contributed by atoms with Crippen LogP contribution in [0.5, 0.6) is 5.75 Å². The van der Waals surface area contributed by atoms with Crippen molar-refractivity contribution in [2.75, 3.05) is 13.2 Å². The van der Waals surface area contributed by atoms with Crippen molar-refractivity contribution in [3.05, 3.63) is 27.7 Å². The number of fused-ring (bicyclic) bond motifs is 1. The van der Waals surface area contributed by atoms with Crippen molar-refractivity contribution in [3.8, 4) is 5.75 Å². The van der Waals surface area contributed by atoms with Gasteiger partial charge in [0.15, 0.2) is 18.1 Å². The average molecular weight is 332 g/mol. The van der Waals surface area contributed by atoms with Crippen LogP contribution in [-0.4, -0.2) is 34.9 Å². The van der Waals surface area contributed by atoms with Crippen LogP contribution in [0.25, 0.3) is 11.0 Å². The fourth-order valence-corrected chi connectivity index (χ4v) is 2.17. The maximum atomic E-state index is 12.5. The van der Waals surface area contributed by atoms with Crippen LogP contribution >= 0.6 is 0 Å². The molecule has 0 aliphatic rings. The lowest BCUT2D eigenvalue weighted by Gasteiger charge is -2.10. The first-order valence-electron chi connectivity index (χ1n) is 6.74. The second kappa shape index (κ2) is 5.98. The number of halogens is 3. The van der Waals surface area contributed by atoms with E-state index in [1.807, 2.05) is 0 Å². The van der Waals surface area contributed by atoms with Gasteiger partial charge >= 0.3 is 12.1 Å². The highest BCUT2D eigenvalue weighted by molar-refractivity contribution is 6.00. The van der Waals surface area contributed by atoms with E-state index in [2.05, 4.69) is 4.98 Å². The highest BCUT2D eigenvalue weighted by Gasteiger charge is 2.32. The summed E-state index contributed by atoms with van der Waals surface area (Å²) in [6.45, 7) is 1.58. The summed E-state index contributed by atoms with van der Waals surface area (Å²) in [4.78, 5) is 26.2. The van der Waals surface area contributed by atoms with Crippen molar-refractivity contribution < 1.29 is 27.4 Å². The molecule has 0 saturated carbocycles. The number of hydrogen-bond acceptors (Lipinski definition) is 4. The molecule has 6 nitrogen and oxygen atoms in total. The fraction of sp³-hybridized carbons (Fsp3) is 0.429. The van der Waals surface area contributed by atoms with Gasteiger partial charge in [-0.25, -0.2) is 4.79 Å². The van der Waals surface area contributed by atoms with Crippen molar-refractivity contribution >= 4 is 17.0 Å². The Morgan fingerprint density at radius 2 is 2.04 bits per heavy atom. The smallest absolute Gasteiger partial charge is 0.422 e. The lowest BCUT2D eigenvalue weighted by Crippen LogP contribution is -2.21. The molecule has 0 aliphatic heterocycles. The Kier molecular flexibility index (Phi) is 4.39. The van der Waals surface area contributed by atoms with Crippen molar-refractivity contribution in [1.29, 1.82) is 0 Å². The summed E-state index contributed by atoms with van der Waals surface area (Å²) in [7, 11) is 1.48. The Bertz CT molecular complexity index is 805. The predicted octanol–water partition coefficient (Wildman–Crippen LogP) is 2.29. The second-order valence-corrected chi connectivity index (χ2v) is 4.90. The Balaban J connectivity index is 2.67. The van der Waals surface area contributed by atoms with Gasteiger partial charge in [-0.3, -0.25) is 4.79 Å². The Hall–Kier alpha value is -2.45. The van der Waals surface area contributed by atoms with Gasteiger partial charge in [-0.15, -0.1) is 0 Å². The summed E-state index contributed by atoms with van der Waals surface area (Å²) in [5.41, 5.74) is 0.0799. The first kappa shape index (κ1) is 16.9. The first-order valence-corrected chi connectivity index (χ1v) is 6.74. The third-order valence-corrected chi connectivity index (χ3v) is 3.19. The van der Waals surface area contributed by atoms with Crippen LogP contribution < -0.4 is 10.3 Å². The average Bonchev–Trinajstić information content (AvgIpc) is 2.69. The summed E-state index contributed by atoms with van der Waals surface area (Å²) >= 11 is 0. The third kappa shape index (κ3) is 3.33. The van der Waals surface area contributed by atoms with E-state index >= 15 is 0 Å². The summed E-state index contributed by atoms with van der Waals surface area (Å²) < 4.78 is 48.3. The number of nitrogens with zero attached hydrogens (tertiary/aromatic N) is 1. The van der Waals surface area contributed by atoms with Crippen LogP contribution in [0.15, 0.2) is 10.9 Å². The molecular weight excluding hydrogens is 317 g/mol. The molecule has 0 unspecified atom stereocenters. The van der Waals surface area contributed by atoms with E-state index < -0.39 is 24.3 Å². The summed E-state index contributed by atoms with van der Waals surface area (Å²) in [6, 6.07) is 1.47. The van der Waals surface area contributed by atoms with Crippen molar-refractivity contribution in [2.45, 2.75) is 20.0 Å². The number of ether oxygens (including phenoxy) is 2. The largest absolute Gasteiger partial charge is 0.479 e. The molecular formula is C14H15F3N2O4. The normalized spacial score (nSPS) is 11.7. The number of hydrogen-bond donors (Lipinski definition) is 1. The number of pyridine rings is 1. The first-order chi connectivity index (χ1) is 10.7. The van der Waals surface area contributed by atoms with Crippen LogP contribution in [0.1, 0.15) is 23.0 Å². The number of aryl methyl sites for hydroxylation is 2. The Morgan fingerprint density at radius 3 is 2.61 bits per heavy atom. The molecule has 2 heterocycles. The van der Waals surface area contributed by atoms with Crippen LogP contribution in [0.3, 0.4) is 0 Å². The maximum absolute atomic E-state index is 12.5. The van der Waals surface area contributed by atoms with Crippen molar-refractivity contribution in [3.63, 3.8) is 0 Å². The van der Waals surface area contributed by atoms with E-state index in [1.54, 1.807) is 13.8 Å². The summed E-state index contributed by atoms with van der Waals surface area (Å²) in [6.07, 6.45) is -4.58. The number of esters is 1. The monoisotopic (exact) mass is 332 g/mol. The van der Waals surface area contributed by atoms with Gasteiger partial charge in [-0.05, 0) is 19.9 Å². The number of nitrogens with one attached hydrogen (secondary N) is 1. The van der Waals surface area contributed by atoms with Gasteiger partial charge in [-0.2, -0.15) is 13.2 Å². The van der Waals surface area contributed by atoms with Crippen LogP contribution in [-0.2, 0) is 11.8 Å². The van der Waals surface area contributed by atoms with E-state index in [1.165, 1.54) is 17.7 Å². The molecule has 2 aromatic rings. The molecule has 0 aromatic carbocycles. The molecule has 0 bridgehead atoms. The zero-order valence-corrected chi connectivity index (χ0v) is 12.7. The predicted molar refractivity (Wildman–Crippen MR) is 75.8 cm³/mol. The molecule has 0 spiro atoms. The van der Waals surface area contributed by atoms with E-state index in [9.17, 15) is 22.8 Å². The molecule has 1 N–H and O–H groups in total. The standard InChI is InChI=1S/C14H15F3N2O4/c1-4-22-13(21)10-11(23-6-14(15,16)17)9-8(19(10)3)5-7(2)12(20)18-9/h5H,4,6H2,1-3H3,(H,18,20). The zero-order chi connectivity index (χ0) is 17.4. The summed E-state index contributed by atoms with van der Waals surface area (Å²) in [5.74, 6) is -1.18. The Labute approximate surface area is 128 Å². The molecule has 2 rings (SSSR count). The lowest BCUT2D eigenvalue weighted by molar-refractivity contribution is -0.153. The third-order valence-electron chi connectivity index (χ3n) is 3.19. The van der Waals surface area contributed by atoms with E-state index in [4.69, 9.17) is 9.47 Å². The molecule has 0 fully saturated rings. The number of H-pyrrole nitrogens is 1. The SMILES string of the molecule is CCOC(=O)c1c(OCC(F)(F)F)c2[nH]c(=O)c(C)cc2n1C. The second-order valence-electron chi connectivity index (χ2n) is 4.90. The molecule has 0 saturated heterocycles. The van der Waals surface area contributed by atoms with Gasteiger partial charge in [0.05, 0.1) is 12.1 Å². The lowest BCUT2D eigenvalue weighted by atomic mass is 10.2. The minimum atomic E-state index is -4.58. The van der Waals surface area contributed by atoms with E-state index in [-0.39, 0.29) is 23.6 Å². The summed E-state index contributed by atoms with van der Waals surface area (Å²) in [5, 5.41) is 0. The number of carbonyl (C=O) groups is 1. The number of aromatic amines is 1. The molecule has 0 radical (unpaired) electrons. The molecule has 9 heteroatoms. The minimum absolute atomic E-state index is 0.0235. The van der Waals surface area contributed by atoms with Crippen LogP contribution in [0.4, 0.5) is 13.2 Å². The topological polar surface area (TPSA) is 73.3 Å². The molecule has 23 heavy (non-hydrogen) atoms. The molecule has 2 aromatic heterocycles. The Morgan fingerprint density at radius 1 is 1.39 bits per heavy atom. The molecule has 0 amide bonds. The van der Waals surface area contributed by atoms with Gasteiger partial charge in [0.2, 0.25) is 0 Å².